The summed E-state index contributed by atoms with van der Waals surface area (Å²) >= 11 is 6.50. The van der Waals surface area contributed by atoms with Crippen molar-refractivity contribution in [3.8, 4) is 17.4 Å². The molecule has 1 aliphatic heterocycles. The van der Waals surface area contributed by atoms with Gasteiger partial charge in [-0.15, -0.1) is 5.10 Å². The third-order valence-corrected chi connectivity index (χ3v) is 6.40. The maximum absolute atomic E-state index is 6.50. The second-order valence-electron chi connectivity index (χ2n) is 8.62. The van der Waals surface area contributed by atoms with E-state index in [1.54, 1.807) is 25.4 Å². The van der Waals surface area contributed by atoms with Crippen molar-refractivity contribution in [2.24, 2.45) is 0 Å². The second-order valence-corrected chi connectivity index (χ2v) is 9.03. The Labute approximate surface area is 214 Å². The summed E-state index contributed by atoms with van der Waals surface area (Å²) in [5.74, 6) is 2.16. The molecule has 4 heterocycles. The van der Waals surface area contributed by atoms with Gasteiger partial charge in [0, 0.05) is 31.1 Å². The Morgan fingerprint density at radius 3 is 2.92 bits per heavy atom. The number of rotatable bonds is 10. The fraction of sp³-hybridized carbons (Fsp3) is 0.360. The topological polar surface area (TPSA) is 110 Å². The smallest absolute Gasteiger partial charge is 0.246 e. The summed E-state index contributed by atoms with van der Waals surface area (Å²) in [7, 11) is 1.74. The predicted octanol–water partition coefficient (Wildman–Crippen LogP) is 4.74. The predicted molar refractivity (Wildman–Crippen MR) is 137 cm³/mol. The van der Waals surface area contributed by atoms with E-state index in [0.717, 1.165) is 37.5 Å². The number of aromatic nitrogens is 5. The van der Waals surface area contributed by atoms with Gasteiger partial charge in [0.05, 0.1) is 17.8 Å². The lowest BCUT2D eigenvalue weighted by Crippen LogP contribution is -2.35. The molecule has 3 aromatic heterocycles. The Balaban J connectivity index is 1.28. The van der Waals surface area contributed by atoms with E-state index < -0.39 is 0 Å². The number of benzene rings is 1. The molecule has 2 N–H and O–H groups in total. The Kier molecular flexibility index (Phi) is 7.45. The van der Waals surface area contributed by atoms with Crippen LogP contribution < -0.4 is 14.8 Å². The maximum atomic E-state index is 6.50. The van der Waals surface area contributed by atoms with Crippen molar-refractivity contribution in [1.29, 1.82) is 0 Å². The number of H-pyrrole nitrogens is 1. The van der Waals surface area contributed by atoms with Gasteiger partial charge in [0.15, 0.2) is 5.65 Å². The number of methoxy groups -OCH3 is 1. The second kappa shape index (κ2) is 11.1. The number of halogens is 1. The van der Waals surface area contributed by atoms with Crippen LogP contribution in [-0.4, -0.2) is 69.5 Å². The Bertz CT molecular complexity index is 1320. The molecule has 1 saturated heterocycles. The van der Waals surface area contributed by atoms with Crippen LogP contribution in [0.1, 0.15) is 18.5 Å². The first-order valence-corrected chi connectivity index (χ1v) is 12.2. The number of aryl methyl sites for hydroxylation is 1. The van der Waals surface area contributed by atoms with Gasteiger partial charge in [-0.25, -0.2) is 9.97 Å². The van der Waals surface area contributed by atoms with Gasteiger partial charge in [0.1, 0.15) is 35.6 Å². The van der Waals surface area contributed by atoms with E-state index in [4.69, 9.17) is 25.8 Å². The fourth-order valence-electron chi connectivity index (χ4n) is 4.30. The number of aromatic amines is 1. The van der Waals surface area contributed by atoms with E-state index in [0.29, 0.717) is 51.9 Å². The molecule has 36 heavy (non-hydrogen) atoms. The average Bonchev–Trinajstić information content (AvgIpc) is 3.50. The summed E-state index contributed by atoms with van der Waals surface area (Å²) in [4.78, 5) is 15.3. The molecule has 1 aromatic carbocycles. The molecular weight excluding hydrogens is 482 g/mol. The van der Waals surface area contributed by atoms with Crippen molar-refractivity contribution in [2.45, 2.75) is 25.8 Å². The number of nitrogens with one attached hydrogen (secondary N) is 2. The molecule has 10 nitrogen and oxygen atoms in total. The summed E-state index contributed by atoms with van der Waals surface area (Å²) in [5, 5.41) is 11.7. The molecule has 188 valence electrons. The minimum absolute atomic E-state index is 0.439. The number of pyridine rings is 1. The number of hydrogen-bond acceptors (Lipinski definition) is 9. The molecule has 0 aliphatic carbocycles. The van der Waals surface area contributed by atoms with Gasteiger partial charge >= 0.3 is 0 Å². The van der Waals surface area contributed by atoms with Crippen LogP contribution in [0.4, 0.5) is 11.5 Å². The third-order valence-electron chi connectivity index (χ3n) is 6.11. The Morgan fingerprint density at radius 1 is 1.19 bits per heavy atom. The highest BCUT2D eigenvalue weighted by atomic mass is 35.5. The Hall–Kier alpha value is -3.47. The lowest BCUT2D eigenvalue weighted by molar-refractivity contribution is 0.105. The van der Waals surface area contributed by atoms with Gasteiger partial charge in [-0.05, 0) is 56.6 Å². The van der Waals surface area contributed by atoms with Crippen LogP contribution in [0, 0.1) is 6.92 Å². The molecule has 4 aromatic rings. The lowest BCUT2D eigenvalue weighted by Gasteiger charge is -2.23. The number of ether oxygens (including phenoxy) is 3. The number of nitrogens with zero attached hydrogens (tertiary/aromatic N) is 5. The molecule has 1 fully saturated rings. The summed E-state index contributed by atoms with van der Waals surface area (Å²) in [5.41, 5.74) is 2.23. The first-order valence-electron chi connectivity index (χ1n) is 11.8. The zero-order valence-corrected chi connectivity index (χ0v) is 21.0. The van der Waals surface area contributed by atoms with Crippen molar-refractivity contribution >= 4 is 34.1 Å². The molecule has 0 radical (unpaired) electrons. The molecule has 1 aliphatic rings. The summed E-state index contributed by atoms with van der Waals surface area (Å²) in [6.07, 6.45) is 5.46. The molecule has 11 heteroatoms. The van der Waals surface area contributed by atoms with E-state index >= 15 is 0 Å². The number of fused-ring (bicyclic) bond motifs is 1. The van der Waals surface area contributed by atoms with Crippen LogP contribution in [0.5, 0.6) is 17.4 Å². The molecular formula is C25H28ClN7O3. The minimum atomic E-state index is 0.439. The van der Waals surface area contributed by atoms with Crippen LogP contribution in [0.3, 0.4) is 0 Å². The average molecular weight is 510 g/mol. The van der Waals surface area contributed by atoms with Crippen molar-refractivity contribution in [3.63, 3.8) is 0 Å². The van der Waals surface area contributed by atoms with Crippen LogP contribution >= 0.6 is 11.6 Å². The molecule has 5 rings (SSSR count). The molecule has 0 spiro atoms. The van der Waals surface area contributed by atoms with Crippen LogP contribution in [0.2, 0.25) is 5.02 Å². The Morgan fingerprint density at radius 2 is 2.11 bits per heavy atom. The maximum Gasteiger partial charge on any atom is 0.246 e. The number of likely N-dealkylation sites (tertiary alicyclic amines) is 1. The van der Waals surface area contributed by atoms with Crippen molar-refractivity contribution < 1.29 is 14.2 Å². The number of hydrogen-bond donors (Lipinski definition) is 2. The zero-order chi connectivity index (χ0) is 24.9. The SMILES string of the molecule is COC[C@H]1CCCN1CCOc1n[nH]c2ncnc(Nc3ccc(Oc4ccc(C)nc4)c(Cl)c3)c12. The monoisotopic (exact) mass is 509 g/mol. The van der Waals surface area contributed by atoms with Crippen LogP contribution in [0.15, 0.2) is 42.9 Å². The lowest BCUT2D eigenvalue weighted by atomic mass is 10.2. The van der Waals surface area contributed by atoms with Gasteiger partial charge in [-0.1, -0.05) is 11.6 Å². The quantitative estimate of drug-likeness (QED) is 0.313. The van der Waals surface area contributed by atoms with Gasteiger partial charge < -0.3 is 19.5 Å². The standard InChI is InChI=1S/C25H28ClN7O3/c1-16-5-7-19(13-27-16)36-21-8-6-17(12-20(21)26)30-23-22-24(29-15-28-23)31-32-25(22)35-11-10-33-9-3-4-18(33)14-34-2/h5-8,12-13,15,18H,3-4,9-11,14H2,1-2H3,(H2,28,29,30,31,32)/t18-/m1/s1. The summed E-state index contributed by atoms with van der Waals surface area (Å²) in [6, 6.07) is 9.60. The molecule has 1 atom stereocenters. The highest BCUT2D eigenvalue weighted by Crippen LogP contribution is 2.34. The molecule has 0 amide bonds. The fourth-order valence-corrected chi connectivity index (χ4v) is 4.52. The summed E-state index contributed by atoms with van der Waals surface area (Å²) in [6.45, 7) is 5.01. The molecule has 0 saturated carbocycles. The van der Waals surface area contributed by atoms with E-state index in [-0.39, 0.29) is 0 Å². The van der Waals surface area contributed by atoms with Gasteiger partial charge in [-0.2, -0.15) is 0 Å². The number of anilines is 2. The van der Waals surface area contributed by atoms with Gasteiger partial charge in [-0.3, -0.25) is 15.0 Å². The van der Waals surface area contributed by atoms with E-state index in [9.17, 15) is 0 Å². The molecule has 0 bridgehead atoms. The largest absolute Gasteiger partial charge is 0.475 e. The van der Waals surface area contributed by atoms with Crippen molar-refractivity contribution in [3.05, 3.63) is 53.6 Å². The third kappa shape index (κ3) is 5.51. The summed E-state index contributed by atoms with van der Waals surface area (Å²) < 4.78 is 17.3. The minimum Gasteiger partial charge on any atom is -0.475 e. The van der Waals surface area contributed by atoms with Gasteiger partial charge in [0.25, 0.3) is 0 Å². The highest BCUT2D eigenvalue weighted by molar-refractivity contribution is 6.32. The molecule has 0 unspecified atom stereocenters. The van der Waals surface area contributed by atoms with E-state index in [2.05, 4.69) is 35.4 Å². The van der Waals surface area contributed by atoms with Crippen LogP contribution in [0.25, 0.3) is 11.0 Å². The first kappa shape index (κ1) is 24.2. The zero-order valence-electron chi connectivity index (χ0n) is 20.2. The van der Waals surface area contributed by atoms with Crippen molar-refractivity contribution in [2.75, 3.05) is 38.7 Å². The highest BCUT2D eigenvalue weighted by Gasteiger charge is 2.24. The van der Waals surface area contributed by atoms with E-state index in [1.807, 2.05) is 25.1 Å². The first-order chi connectivity index (χ1) is 17.6. The van der Waals surface area contributed by atoms with Crippen LogP contribution in [-0.2, 0) is 4.74 Å². The van der Waals surface area contributed by atoms with E-state index in [1.165, 1.54) is 12.7 Å². The van der Waals surface area contributed by atoms with Gasteiger partial charge in [0.2, 0.25) is 5.88 Å². The normalized spacial score (nSPS) is 15.9. The van der Waals surface area contributed by atoms with Crippen molar-refractivity contribution in [1.82, 2.24) is 30.0 Å².